The number of fused-ring (bicyclic) bond motifs is 1. The van der Waals surface area contributed by atoms with Crippen molar-refractivity contribution in [1.29, 1.82) is 0 Å². The summed E-state index contributed by atoms with van der Waals surface area (Å²) in [7, 11) is 3.90. The lowest BCUT2D eigenvalue weighted by Crippen LogP contribution is -2.09. The van der Waals surface area contributed by atoms with Crippen LogP contribution in [-0.2, 0) is 0 Å². The van der Waals surface area contributed by atoms with Crippen LogP contribution in [0.4, 0.5) is 5.69 Å². The van der Waals surface area contributed by atoms with Crippen molar-refractivity contribution in [2.75, 3.05) is 19.0 Å². The molecule has 0 atom stereocenters. The van der Waals surface area contributed by atoms with E-state index in [9.17, 15) is 4.79 Å². The Hall–Kier alpha value is -2.62. The number of hydrogen-bond donors (Lipinski definition) is 0. The van der Waals surface area contributed by atoms with E-state index in [-0.39, 0.29) is 5.63 Å². The second kappa shape index (κ2) is 4.81. The van der Waals surface area contributed by atoms with Gasteiger partial charge in [0.1, 0.15) is 5.58 Å². The molecule has 0 fully saturated rings. The first-order valence-corrected chi connectivity index (χ1v) is 6.37. The summed E-state index contributed by atoms with van der Waals surface area (Å²) in [4.78, 5) is 17.0. The van der Waals surface area contributed by atoms with Crippen LogP contribution >= 0.6 is 0 Å². The van der Waals surface area contributed by atoms with Gasteiger partial charge in [0, 0.05) is 48.9 Å². The largest absolute Gasteiger partial charge is 0.422 e. The van der Waals surface area contributed by atoms with E-state index in [1.165, 1.54) is 0 Å². The van der Waals surface area contributed by atoms with Crippen molar-refractivity contribution < 1.29 is 9.40 Å². The van der Waals surface area contributed by atoms with Crippen LogP contribution in [0, 0.1) is 0 Å². The first kappa shape index (κ1) is 12.4. The Bertz CT molecular complexity index is 808. The predicted molar refractivity (Wildman–Crippen MR) is 78.8 cm³/mol. The Morgan fingerprint density at radius 1 is 1.05 bits per heavy atom. The highest BCUT2D eigenvalue weighted by Gasteiger charge is 2.09. The van der Waals surface area contributed by atoms with E-state index in [0.29, 0.717) is 11.1 Å². The zero-order chi connectivity index (χ0) is 14.1. The van der Waals surface area contributed by atoms with Crippen molar-refractivity contribution in [2.24, 2.45) is 0 Å². The van der Waals surface area contributed by atoms with Crippen molar-refractivity contribution in [3.05, 3.63) is 59.2 Å². The van der Waals surface area contributed by atoms with Gasteiger partial charge in [-0.1, -0.05) is 0 Å². The smallest absolute Gasteiger partial charge is 0.344 e. The Balaban J connectivity index is 2.21. The summed E-state index contributed by atoms with van der Waals surface area (Å²) in [6.45, 7) is 0. The fraction of sp³-hybridized carbons (Fsp3) is 0.125. The third-order valence-electron chi connectivity index (χ3n) is 3.27. The Morgan fingerprint density at radius 2 is 1.80 bits per heavy atom. The molecule has 3 rings (SSSR count). The number of nitrogens with zero attached hydrogens (tertiary/aromatic N) is 1. The van der Waals surface area contributed by atoms with Gasteiger partial charge < -0.3 is 9.32 Å². The number of rotatable bonds is 2. The molecule has 0 amide bonds. The lowest BCUT2D eigenvalue weighted by Gasteiger charge is -2.12. The number of anilines is 1. The van der Waals surface area contributed by atoms with Crippen molar-refractivity contribution in [3.8, 4) is 11.1 Å². The van der Waals surface area contributed by atoms with E-state index in [0.717, 1.165) is 16.6 Å². The number of aromatic nitrogens is 1. The molecular formula is C16H15N2O2+. The molecule has 0 unspecified atom stereocenters. The molecule has 0 aliphatic rings. The average Bonchev–Trinajstić information content (AvgIpc) is 2.46. The van der Waals surface area contributed by atoms with Crippen molar-refractivity contribution >= 4 is 16.7 Å². The van der Waals surface area contributed by atoms with E-state index in [1.54, 1.807) is 12.4 Å². The van der Waals surface area contributed by atoms with Crippen molar-refractivity contribution in [1.82, 2.24) is 0 Å². The quantitative estimate of drug-likeness (QED) is 0.670. The summed E-state index contributed by atoms with van der Waals surface area (Å²) >= 11 is 0. The van der Waals surface area contributed by atoms with Gasteiger partial charge in [0.15, 0.2) is 12.4 Å². The normalized spacial score (nSPS) is 10.7. The first-order chi connectivity index (χ1) is 9.65. The number of aromatic amines is 1. The summed E-state index contributed by atoms with van der Waals surface area (Å²) in [5.74, 6) is 0. The molecular weight excluding hydrogens is 252 g/mol. The average molecular weight is 267 g/mol. The minimum Gasteiger partial charge on any atom is -0.422 e. The van der Waals surface area contributed by atoms with Gasteiger partial charge in [-0.25, -0.2) is 9.78 Å². The second-order valence-corrected chi connectivity index (χ2v) is 4.85. The van der Waals surface area contributed by atoms with Gasteiger partial charge in [-0.2, -0.15) is 0 Å². The van der Waals surface area contributed by atoms with Crippen LogP contribution in [0.2, 0.25) is 0 Å². The van der Waals surface area contributed by atoms with Gasteiger partial charge in [-0.3, -0.25) is 0 Å². The molecule has 100 valence electrons. The predicted octanol–water partition coefficient (Wildman–Crippen LogP) is 2.34. The highest BCUT2D eigenvalue weighted by Crippen LogP contribution is 2.23. The maximum absolute atomic E-state index is 12.1. The second-order valence-electron chi connectivity index (χ2n) is 4.85. The summed E-state index contributed by atoms with van der Waals surface area (Å²) in [6.07, 6.45) is 3.57. The third-order valence-corrected chi connectivity index (χ3v) is 3.27. The molecule has 0 aliphatic carbocycles. The Kier molecular flexibility index (Phi) is 2.99. The Labute approximate surface area is 116 Å². The van der Waals surface area contributed by atoms with E-state index >= 15 is 0 Å². The minimum absolute atomic E-state index is 0.320. The lowest BCUT2D eigenvalue weighted by atomic mass is 10.1. The molecule has 0 saturated heterocycles. The van der Waals surface area contributed by atoms with Gasteiger partial charge in [0.2, 0.25) is 0 Å². The summed E-state index contributed by atoms with van der Waals surface area (Å²) in [6, 6.07) is 11.4. The van der Waals surface area contributed by atoms with E-state index in [1.807, 2.05) is 55.4 Å². The summed E-state index contributed by atoms with van der Waals surface area (Å²) in [5, 5.41) is 0.915. The lowest BCUT2D eigenvalue weighted by molar-refractivity contribution is -0.377. The minimum atomic E-state index is -0.320. The number of pyridine rings is 1. The molecule has 0 aliphatic heterocycles. The van der Waals surface area contributed by atoms with Gasteiger partial charge in [0.25, 0.3) is 0 Å². The number of benzene rings is 1. The molecule has 0 bridgehead atoms. The standard InChI is InChI=1S/C16H14N2O2/c1-18(2)13-4-3-12-9-14(11-5-7-17-8-6-11)16(19)20-15(12)10-13/h3-10H,1-2H3/p+1. The molecule has 4 heteroatoms. The van der Waals surface area contributed by atoms with Crippen LogP contribution in [0.5, 0.6) is 0 Å². The van der Waals surface area contributed by atoms with E-state index in [4.69, 9.17) is 4.42 Å². The van der Waals surface area contributed by atoms with Crippen LogP contribution in [0.25, 0.3) is 22.1 Å². The maximum atomic E-state index is 12.1. The van der Waals surface area contributed by atoms with Crippen LogP contribution < -0.4 is 15.5 Å². The van der Waals surface area contributed by atoms with Gasteiger partial charge in [0.05, 0.1) is 5.56 Å². The van der Waals surface area contributed by atoms with Crippen LogP contribution in [0.1, 0.15) is 0 Å². The SMILES string of the molecule is CN(C)c1ccc2cc(-c3cc[nH+]cc3)c(=O)oc2c1. The fourth-order valence-corrected chi connectivity index (χ4v) is 2.15. The molecule has 2 aromatic heterocycles. The maximum Gasteiger partial charge on any atom is 0.344 e. The zero-order valence-electron chi connectivity index (χ0n) is 11.4. The highest BCUT2D eigenvalue weighted by atomic mass is 16.4. The van der Waals surface area contributed by atoms with E-state index in [2.05, 4.69) is 4.98 Å². The first-order valence-electron chi connectivity index (χ1n) is 6.37. The van der Waals surface area contributed by atoms with Crippen molar-refractivity contribution in [2.45, 2.75) is 0 Å². The topological polar surface area (TPSA) is 47.6 Å². The summed E-state index contributed by atoms with van der Waals surface area (Å²) in [5.41, 5.74) is 2.70. The highest BCUT2D eigenvalue weighted by molar-refractivity contribution is 5.84. The molecule has 0 spiro atoms. The Morgan fingerprint density at radius 3 is 2.50 bits per heavy atom. The third kappa shape index (κ3) is 2.16. The van der Waals surface area contributed by atoms with Crippen LogP contribution in [0.3, 0.4) is 0 Å². The van der Waals surface area contributed by atoms with Crippen molar-refractivity contribution in [3.63, 3.8) is 0 Å². The van der Waals surface area contributed by atoms with Gasteiger partial charge in [-0.05, 0) is 18.2 Å². The molecule has 0 radical (unpaired) electrons. The number of nitrogens with one attached hydrogen (secondary N) is 1. The van der Waals surface area contributed by atoms with Gasteiger partial charge >= 0.3 is 5.63 Å². The van der Waals surface area contributed by atoms with Gasteiger partial charge in [-0.15, -0.1) is 0 Å². The molecule has 20 heavy (non-hydrogen) atoms. The zero-order valence-corrected chi connectivity index (χ0v) is 11.4. The monoisotopic (exact) mass is 267 g/mol. The summed E-state index contributed by atoms with van der Waals surface area (Å²) < 4.78 is 5.45. The number of H-pyrrole nitrogens is 1. The van der Waals surface area contributed by atoms with Crippen LogP contribution in [-0.4, -0.2) is 14.1 Å². The van der Waals surface area contributed by atoms with E-state index < -0.39 is 0 Å². The molecule has 0 saturated carbocycles. The fourth-order valence-electron chi connectivity index (χ4n) is 2.15. The molecule has 4 nitrogen and oxygen atoms in total. The number of hydrogen-bond acceptors (Lipinski definition) is 3. The molecule has 1 N–H and O–H groups in total. The molecule has 1 aromatic carbocycles. The van der Waals surface area contributed by atoms with Crippen LogP contribution in [0.15, 0.2) is 58.0 Å². The molecule has 3 aromatic rings. The molecule has 2 heterocycles.